The smallest absolute Gasteiger partial charge is 0.460 e. The zero-order chi connectivity index (χ0) is 24.0. The van der Waals surface area contributed by atoms with Gasteiger partial charge in [0, 0.05) is 5.57 Å². The standard InChI is InChI=1S/C19H44O7Si4/c1-13-18(22-14-17(20)15-23-19(21)16(2)3)30(24-27(4,5)6,25-28(7,8)9)26-29(10,11)12/h17-18,20H,2,13-15H2,1,3-12H3. The van der Waals surface area contributed by atoms with Crippen molar-refractivity contribution in [1.82, 2.24) is 0 Å². The van der Waals surface area contributed by atoms with Crippen molar-refractivity contribution >= 4 is 39.7 Å². The van der Waals surface area contributed by atoms with Crippen LogP contribution < -0.4 is 0 Å². The zero-order valence-electron chi connectivity index (χ0n) is 20.9. The summed E-state index contributed by atoms with van der Waals surface area (Å²) in [4.78, 5) is 11.6. The van der Waals surface area contributed by atoms with E-state index in [-0.39, 0.29) is 18.8 Å². The normalized spacial score (nSPS) is 15.6. The average molecular weight is 497 g/mol. The third-order valence-corrected chi connectivity index (χ3v) is 15.5. The van der Waals surface area contributed by atoms with Gasteiger partial charge in [-0.05, 0) is 72.3 Å². The predicted molar refractivity (Wildman–Crippen MR) is 131 cm³/mol. The van der Waals surface area contributed by atoms with Crippen LogP contribution in [0, 0.1) is 0 Å². The van der Waals surface area contributed by atoms with Crippen molar-refractivity contribution < 1.29 is 31.7 Å². The molecule has 30 heavy (non-hydrogen) atoms. The van der Waals surface area contributed by atoms with Crippen molar-refractivity contribution in [1.29, 1.82) is 0 Å². The number of hydrogen-bond donors (Lipinski definition) is 1. The Morgan fingerprint density at radius 2 is 1.27 bits per heavy atom. The number of aliphatic hydroxyl groups is 1. The van der Waals surface area contributed by atoms with Gasteiger partial charge in [0.15, 0.2) is 25.0 Å². The first-order valence-electron chi connectivity index (χ1n) is 10.5. The SMILES string of the molecule is C=C(C)C(=O)OCC(O)COC(CC)[Si](O[Si](C)(C)C)(O[Si](C)(C)C)O[Si](C)(C)C. The molecule has 11 heteroatoms. The van der Waals surface area contributed by atoms with Crippen LogP contribution in [0.3, 0.4) is 0 Å². The van der Waals surface area contributed by atoms with Gasteiger partial charge in [-0.1, -0.05) is 13.5 Å². The summed E-state index contributed by atoms with van der Waals surface area (Å²) in [6.45, 7) is 26.0. The average Bonchev–Trinajstić information content (AvgIpc) is 2.47. The molecule has 2 unspecified atom stereocenters. The molecule has 0 spiro atoms. The van der Waals surface area contributed by atoms with Gasteiger partial charge < -0.3 is 26.9 Å². The number of rotatable bonds is 14. The molecule has 0 aromatic rings. The molecule has 0 fully saturated rings. The summed E-state index contributed by atoms with van der Waals surface area (Å²) < 4.78 is 31.2. The molecule has 0 aliphatic rings. The lowest BCUT2D eigenvalue weighted by Crippen LogP contribution is -2.67. The topological polar surface area (TPSA) is 83.5 Å². The van der Waals surface area contributed by atoms with Gasteiger partial charge in [0.2, 0.25) is 0 Å². The van der Waals surface area contributed by atoms with Gasteiger partial charge in [-0.3, -0.25) is 0 Å². The van der Waals surface area contributed by atoms with Crippen LogP contribution in [0.25, 0.3) is 0 Å². The van der Waals surface area contributed by atoms with Crippen molar-refractivity contribution in [3.8, 4) is 0 Å². The van der Waals surface area contributed by atoms with Crippen molar-refractivity contribution in [2.45, 2.75) is 91.0 Å². The number of carbonyl (C=O) groups is 1. The first kappa shape index (κ1) is 29.9. The van der Waals surface area contributed by atoms with Crippen molar-refractivity contribution in [3.05, 3.63) is 12.2 Å². The second-order valence-electron chi connectivity index (χ2n) is 10.5. The molecule has 2 atom stereocenters. The second-order valence-corrected chi connectivity index (χ2v) is 27.5. The van der Waals surface area contributed by atoms with E-state index < -0.39 is 51.6 Å². The van der Waals surface area contributed by atoms with Gasteiger partial charge in [-0.2, -0.15) is 0 Å². The molecule has 1 N–H and O–H groups in total. The lowest BCUT2D eigenvalue weighted by atomic mass is 10.3. The molecule has 0 aromatic heterocycles. The maximum absolute atomic E-state index is 11.6. The molecular weight excluding hydrogens is 453 g/mol. The highest BCUT2D eigenvalue weighted by molar-refractivity contribution is 6.90. The minimum Gasteiger partial charge on any atom is -0.460 e. The minimum absolute atomic E-state index is 0.00407. The summed E-state index contributed by atoms with van der Waals surface area (Å²) in [5.74, 6) is -0.531. The second kappa shape index (κ2) is 11.7. The Morgan fingerprint density at radius 1 is 0.867 bits per heavy atom. The summed E-state index contributed by atoms with van der Waals surface area (Å²) in [6, 6.07) is 0. The van der Waals surface area contributed by atoms with Gasteiger partial charge in [-0.15, -0.1) is 0 Å². The molecule has 0 radical (unpaired) electrons. The van der Waals surface area contributed by atoms with Crippen LogP contribution >= 0.6 is 0 Å². The predicted octanol–water partition coefficient (Wildman–Crippen LogP) is 4.29. The van der Waals surface area contributed by atoms with E-state index in [1.807, 2.05) is 6.92 Å². The summed E-state index contributed by atoms with van der Waals surface area (Å²) in [6.07, 6.45) is -0.330. The number of esters is 1. The van der Waals surface area contributed by atoms with Crippen LogP contribution in [-0.4, -0.2) is 69.9 Å². The van der Waals surface area contributed by atoms with Gasteiger partial charge in [0.25, 0.3) is 0 Å². The number of ether oxygens (including phenoxy) is 2. The van der Waals surface area contributed by atoms with E-state index in [4.69, 9.17) is 21.8 Å². The Balaban J connectivity index is 5.67. The molecule has 0 saturated carbocycles. The summed E-state index contributed by atoms with van der Waals surface area (Å²) in [5.41, 5.74) is -0.120. The van der Waals surface area contributed by atoms with Gasteiger partial charge in [-0.25, -0.2) is 4.79 Å². The van der Waals surface area contributed by atoms with E-state index in [0.29, 0.717) is 6.42 Å². The molecule has 178 valence electrons. The lowest BCUT2D eigenvalue weighted by Gasteiger charge is -2.46. The lowest BCUT2D eigenvalue weighted by molar-refractivity contribution is -0.143. The van der Waals surface area contributed by atoms with E-state index in [1.165, 1.54) is 0 Å². The molecule has 0 heterocycles. The van der Waals surface area contributed by atoms with Crippen LogP contribution in [-0.2, 0) is 26.6 Å². The molecule has 0 aromatic carbocycles. The molecule has 0 aliphatic heterocycles. The van der Waals surface area contributed by atoms with Crippen LogP contribution in [0.15, 0.2) is 12.2 Å². The molecule has 7 nitrogen and oxygen atoms in total. The van der Waals surface area contributed by atoms with E-state index in [2.05, 4.69) is 65.5 Å². The molecule has 0 bridgehead atoms. The van der Waals surface area contributed by atoms with Crippen LogP contribution in [0.1, 0.15) is 20.3 Å². The fourth-order valence-electron chi connectivity index (χ4n) is 2.58. The quantitative estimate of drug-likeness (QED) is 0.218. The van der Waals surface area contributed by atoms with Crippen molar-refractivity contribution in [2.24, 2.45) is 0 Å². The molecule has 0 saturated heterocycles. The van der Waals surface area contributed by atoms with Crippen LogP contribution in [0.2, 0.25) is 58.9 Å². The first-order chi connectivity index (χ1) is 13.3. The first-order valence-corrected chi connectivity index (χ1v) is 22.6. The highest BCUT2D eigenvalue weighted by Gasteiger charge is 2.56. The third kappa shape index (κ3) is 12.7. The minimum atomic E-state index is -3.23. The Bertz CT molecular complexity index is 524. The maximum atomic E-state index is 11.6. The van der Waals surface area contributed by atoms with E-state index >= 15 is 0 Å². The number of aliphatic hydroxyl groups excluding tert-OH is 1. The number of carbonyl (C=O) groups excluding carboxylic acids is 1. The molecule has 0 amide bonds. The Morgan fingerprint density at radius 3 is 1.57 bits per heavy atom. The Kier molecular flexibility index (Phi) is 11.6. The van der Waals surface area contributed by atoms with Crippen LogP contribution in [0.5, 0.6) is 0 Å². The highest BCUT2D eigenvalue weighted by Crippen LogP contribution is 2.31. The largest absolute Gasteiger partial charge is 0.500 e. The van der Waals surface area contributed by atoms with Crippen molar-refractivity contribution in [3.63, 3.8) is 0 Å². The Hall–Kier alpha value is -0.122. The fraction of sp³-hybridized carbons (Fsp3) is 0.842. The Labute approximate surface area is 187 Å². The van der Waals surface area contributed by atoms with Crippen molar-refractivity contribution in [2.75, 3.05) is 13.2 Å². The molecule has 0 rings (SSSR count). The summed E-state index contributed by atoms with van der Waals surface area (Å²) in [7, 11) is -9.34. The van der Waals surface area contributed by atoms with E-state index in [9.17, 15) is 9.90 Å². The summed E-state index contributed by atoms with van der Waals surface area (Å²) >= 11 is 0. The van der Waals surface area contributed by atoms with Gasteiger partial charge in [0.05, 0.1) is 6.61 Å². The molecular formula is C19H44O7Si4. The van der Waals surface area contributed by atoms with Crippen LogP contribution in [0.4, 0.5) is 0 Å². The van der Waals surface area contributed by atoms with Gasteiger partial charge in [0.1, 0.15) is 18.4 Å². The maximum Gasteiger partial charge on any atom is 0.500 e. The summed E-state index contributed by atoms with van der Waals surface area (Å²) in [5, 5.41) is 10.3. The number of hydrogen-bond acceptors (Lipinski definition) is 7. The highest BCUT2D eigenvalue weighted by atomic mass is 28.5. The molecule has 0 aliphatic carbocycles. The monoisotopic (exact) mass is 496 g/mol. The zero-order valence-corrected chi connectivity index (χ0v) is 24.9. The van der Waals surface area contributed by atoms with E-state index in [0.717, 1.165) is 0 Å². The van der Waals surface area contributed by atoms with Gasteiger partial charge >= 0.3 is 14.8 Å². The third-order valence-electron chi connectivity index (χ3n) is 3.36. The fourth-order valence-corrected chi connectivity index (χ4v) is 16.8. The van der Waals surface area contributed by atoms with E-state index in [1.54, 1.807) is 6.92 Å².